The molecule has 0 bridgehead atoms. The van der Waals surface area contributed by atoms with E-state index in [2.05, 4.69) is 34.3 Å². The summed E-state index contributed by atoms with van der Waals surface area (Å²) in [5.74, 6) is 0.925. The van der Waals surface area contributed by atoms with Crippen LogP contribution in [0.15, 0.2) is 58.3 Å². The van der Waals surface area contributed by atoms with Crippen molar-refractivity contribution in [1.29, 1.82) is 5.26 Å². The fourth-order valence-corrected chi connectivity index (χ4v) is 3.30. The number of benzene rings is 2. The van der Waals surface area contributed by atoms with E-state index in [9.17, 15) is 13.7 Å². The first kappa shape index (κ1) is 20.7. The lowest BCUT2D eigenvalue weighted by molar-refractivity contribution is 0.483. The van der Waals surface area contributed by atoms with Gasteiger partial charge in [-0.05, 0) is 73.5 Å². The Morgan fingerprint density at radius 3 is 1.97 bits per heavy atom. The normalized spacial score (nSPS) is 11.0. The fourth-order valence-electron chi connectivity index (χ4n) is 2.67. The van der Waals surface area contributed by atoms with E-state index in [-0.39, 0.29) is 4.90 Å². The summed E-state index contributed by atoms with van der Waals surface area (Å²) in [5.41, 5.74) is 3.34. The Labute approximate surface area is 174 Å². The maximum Gasteiger partial charge on any atom is 0.294 e. The zero-order valence-electron chi connectivity index (χ0n) is 15.6. The molecule has 0 radical (unpaired) electrons. The largest absolute Gasteiger partial charge is 0.340 e. The fraction of sp³-hybridized carbons (Fsp3) is 0.100. The van der Waals surface area contributed by atoms with Gasteiger partial charge in [-0.3, -0.25) is 4.55 Å². The standard InChI is InChI=1S/C20H18N4O3S2/c1-12-13(2)19(22-14-3-7-16(28)8-4-14)24-20(18(12)11-21)23-15-5-9-17(10-6-15)29(25,26)27/h3-10,28H,1-2H3,(H2,22,23,24)(H,25,26,27). The van der Waals surface area contributed by atoms with Crippen LogP contribution in [0.2, 0.25) is 0 Å². The van der Waals surface area contributed by atoms with Gasteiger partial charge in [0.1, 0.15) is 11.9 Å². The number of pyridine rings is 1. The van der Waals surface area contributed by atoms with Gasteiger partial charge in [0.25, 0.3) is 10.1 Å². The van der Waals surface area contributed by atoms with Gasteiger partial charge in [-0.2, -0.15) is 13.7 Å². The third-order valence-corrected chi connectivity index (χ3v) is 5.58. The minimum Gasteiger partial charge on any atom is -0.340 e. The highest BCUT2D eigenvalue weighted by Crippen LogP contribution is 2.30. The third kappa shape index (κ3) is 4.68. The predicted octanol–water partition coefficient (Wildman–Crippen LogP) is 4.59. The Balaban J connectivity index is 1.98. The van der Waals surface area contributed by atoms with Gasteiger partial charge in [-0.1, -0.05) is 0 Å². The number of aromatic nitrogens is 1. The Bertz CT molecular complexity index is 1200. The molecule has 1 heterocycles. The Morgan fingerprint density at radius 2 is 1.45 bits per heavy atom. The molecule has 0 saturated carbocycles. The van der Waals surface area contributed by atoms with Gasteiger partial charge in [0.2, 0.25) is 0 Å². The second-order valence-electron chi connectivity index (χ2n) is 6.34. The quantitative estimate of drug-likeness (QED) is 0.348. The molecule has 29 heavy (non-hydrogen) atoms. The Kier molecular flexibility index (Phi) is 5.79. The first-order valence-corrected chi connectivity index (χ1v) is 10.4. The molecular formula is C20H18N4O3S2. The molecule has 3 aromatic rings. The molecule has 0 atom stereocenters. The third-order valence-electron chi connectivity index (χ3n) is 4.41. The molecule has 1 aromatic heterocycles. The van der Waals surface area contributed by atoms with Crippen LogP contribution in [0, 0.1) is 25.2 Å². The average Bonchev–Trinajstić information content (AvgIpc) is 2.67. The van der Waals surface area contributed by atoms with Crippen molar-refractivity contribution in [2.45, 2.75) is 23.6 Å². The summed E-state index contributed by atoms with van der Waals surface area (Å²) in [6.45, 7) is 3.72. The molecule has 0 spiro atoms. The summed E-state index contributed by atoms with van der Waals surface area (Å²) in [5, 5.41) is 15.9. The van der Waals surface area contributed by atoms with Gasteiger partial charge in [-0.15, -0.1) is 12.6 Å². The number of hydrogen-bond acceptors (Lipinski definition) is 7. The zero-order valence-corrected chi connectivity index (χ0v) is 17.3. The maximum atomic E-state index is 11.2. The highest BCUT2D eigenvalue weighted by atomic mass is 32.2. The van der Waals surface area contributed by atoms with E-state index in [1.54, 1.807) is 0 Å². The second kappa shape index (κ2) is 8.13. The van der Waals surface area contributed by atoms with E-state index in [0.29, 0.717) is 22.9 Å². The van der Waals surface area contributed by atoms with Crippen molar-refractivity contribution in [3.63, 3.8) is 0 Å². The molecule has 3 rings (SSSR count). The first-order valence-electron chi connectivity index (χ1n) is 8.51. The zero-order chi connectivity index (χ0) is 21.2. The molecule has 7 nitrogen and oxygen atoms in total. The SMILES string of the molecule is Cc1c(Nc2ccc(S)cc2)nc(Nc2ccc(S(=O)(=O)O)cc2)c(C#N)c1C. The van der Waals surface area contributed by atoms with E-state index in [0.717, 1.165) is 21.7 Å². The van der Waals surface area contributed by atoms with Crippen LogP contribution in [0.3, 0.4) is 0 Å². The number of hydrogen-bond donors (Lipinski definition) is 4. The summed E-state index contributed by atoms with van der Waals surface area (Å²) < 4.78 is 31.5. The molecular weight excluding hydrogens is 408 g/mol. The number of nitriles is 1. The molecule has 0 aliphatic carbocycles. The minimum absolute atomic E-state index is 0.216. The molecule has 0 saturated heterocycles. The molecule has 0 fully saturated rings. The lowest BCUT2D eigenvalue weighted by atomic mass is 10.1. The van der Waals surface area contributed by atoms with Crippen LogP contribution in [0.1, 0.15) is 16.7 Å². The molecule has 2 aromatic carbocycles. The van der Waals surface area contributed by atoms with Crippen LogP contribution >= 0.6 is 12.6 Å². The van der Waals surface area contributed by atoms with Gasteiger partial charge in [0.05, 0.1) is 10.5 Å². The van der Waals surface area contributed by atoms with Gasteiger partial charge < -0.3 is 10.6 Å². The lowest BCUT2D eigenvalue weighted by Crippen LogP contribution is -2.06. The highest BCUT2D eigenvalue weighted by Gasteiger charge is 2.16. The van der Waals surface area contributed by atoms with E-state index in [4.69, 9.17) is 4.55 Å². The number of rotatable bonds is 5. The van der Waals surface area contributed by atoms with Crippen LogP contribution < -0.4 is 10.6 Å². The van der Waals surface area contributed by atoms with Gasteiger partial charge in [0, 0.05) is 16.3 Å². The van der Waals surface area contributed by atoms with E-state index in [1.165, 1.54) is 24.3 Å². The molecule has 0 amide bonds. The average molecular weight is 427 g/mol. The summed E-state index contributed by atoms with van der Waals surface area (Å²) in [6, 6.07) is 15.1. The van der Waals surface area contributed by atoms with E-state index in [1.807, 2.05) is 38.1 Å². The number of nitrogens with zero attached hydrogens (tertiary/aromatic N) is 2. The summed E-state index contributed by atoms with van der Waals surface area (Å²) in [7, 11) is -4.27. The van der Waals surface area contributed by atoms with E-state index < -0.39 is 10.1 Å². The Morgan fingerprint density at radius 1 is 0.931 bits per heavy atom. The van der Waals surface area contributed by atoms with Crippen molar-refractivity contribution in [2.75, 3.05) is 10.6 Å². The first-order chi connectivity index (χ1) is 13.7. The van der Waals surface area contributed by atoms with Crippen LogP contribution in [0.4, 0.5) is 23.0 Å². The molecule has 0 aliphatic rings. The van der Waals surface area contributed by atoms with Gasteiger partial charge >= 0.3 is 0 Å². The summed E-state index contributed by atoms with van der Waals surface area (Å²) in [6.07, 6.45) is 0. The number of thiol groups is 1. The molecule has 9 heteroatoms. The monoisotopic (exact) mass is 426 g/mol. The molecule has 3 N–H and O–H groups in total. The van der Waals surface area contributed by atoms with E-state index >= 15 is 0 Å². The minimum atomic E-state index is -4.27. The van der Waals surface area contributed by atoms with Crippen LogP contribution in [-0.2, 0) is 10.1 Å². The summed E-state index contributed by atoms with van der Waals surface area (Å²) >= 11 is 4.27. The van der Waals surface area contributed by atoms with Gasteiger partial charge in [0.15, 0.2) is 5.82 Å². The smallest absolute Gasteiger partial charge is 0.294 e. The number of anilines is 4. The van der Waals surface area contributed by atoms with Crippen molar-refractivity contribution < 1.29 is 13.0 Å². The predicted molar refractivity (Wildman–Crippen MR) is 115 cm³/mol. The topological polar surface area (TPSA) is 115 Å². The highest BCUT2D eigenvalue weighted by molar-refractivity contribution is 7.85. The number of nitrogens with one attached hydrogen (secondary N) is 2. The van der Waals surface area contributed by atoms with Crippen LogP contribution in [-0.4, -0.2) is 18.0 Å². The van der Waals surface area contributed by atoms with Gasteiger partial charge in [-0.25, -0.2) is 4.98 Å². The van der Waals surface area contributed by atoms with Crippen molar-refractivity contribution in [1.82, 2.24) is 4.98 Å². The van der Waals surface area contributed by atoms with Crippen molar-refractivity contribution in [2.24, 2.45) is 0 Å². The van der Waals surface area contributed by atoms with Crippen LogP contribution in [0.25, 0.3) is 0 Å². The van der Waals surface area contributed by atoms with Crippen molar-refractivity contribution in [3.8, 4) is 6.07 Å². The second-order valence-corrected chi connectivity index (χ2v) is 8.28. The van der Waals surface area contributed by atoms with Crippen molar-refractivity contribution >= 4 is 45.8 Å². The van der Waals surface area contributed by atoms with Crippen molar-refractivity contribution in [3.05, 3.63) is 65.2 Å². The lowest BCUT2D eigenvalue weighted by Gasteiger charge is -2.16. The Hall–Kier alpha value is -3.06. The molecule has 0 aliphatic heterocycles. The summed E-state index contributed by atoms with van der Waals surface area (Å²) in [4.78, 5) is 5.18. The molecule has 148 valence electrons. The molecule has 0 unspecified atom stereocenters. The maximum absolute atomic E-state index is 11.2. The van der Waals surface area contributed by atoms with Crippen LogP contribution in [0.5, 0.6) is 0 Å².